The minimum atomic E-state index is -0.324. The molecule has 0 N–H and O–H groups in total. The molecule has 0 aliphatic heterocycles. The summed E-state index contributed by atoms with van der Waals surface area (Å²) in [5, 5.41) is 4.15. The van der Waals surface area contributed by atoms with Crippen LogP contribution in [0.3, 0.4) is 0 Å². The largest absolute Gasteiger partial charge is 0.462 e. The fraction of sp³-hybridized carbons (Fsp3) is 0.750. The SMILES string of the molecule is CCOC(=O)c1cnn(C)c1COC1CCC(C)C(C)C1. The van der Waals surface area contributed by atoms with E-state index in [1.54, 1.807) is 17.8 Å². The van der Waals surface area contributed by atoms with Crippen molar-refractivity contribution in [1.29, 1.82) is 0 Å². The molecule has 0 bridgehead atoms. The van der Waals surface area contributed by atoms with Gasteiger partial charge in [0.1, 0.15) is 5.56 Å². The van der Waals surface area contributed by atoms with Crippen LogP contribution in [0.15, 0.2) is 6.20 Å². The molecule has 0 amide bonds. The summed E-state index contributed by atoms with van der Waals surface area (Å²) in [5.74, 6) is 1.14. The van der Waals surface area contributed by atoms with E-state index in [-0.39, 0.29) is 12.1 Å². The van der Waals surface area contributed by atoms with E-state index in [0.29, 0.717) is 24.7 Å². The minimum absolute atomic E-state index is 0.279. The predicted molar refractivity (Wildman–Crippen MR) is 79.9 cm³/mol. The highest BCUT2D eigenvalue weighted by molar-refractivity contribution is 5.90. The van der Waals surface area contributed by atoms with Crippen molar-refractivity contribution in [2.45, 2.75) is 52.7 Å². The van der Waals surface area contributed by atoms with Crippen LogP contribution < -0.4 is 0 Å². The van der Waals surface area contributed by atoms with Gasteiger partial charge in [-0.1, -0.05) is 13.8 Å². The molecule has 1 saturated carbocycles. The third-order valence-electron chi connectivity index (χ3n) is 4.56. The Labute approximate surface area is 126 Å². The Morgan fingerprint density at radius 1 is 1.38 bits per heavy atom. The van der Waals surface area contributed by atoms with Crippen molar-refractivity contribution in [3.8, 4) is 0 Å². The summed E-state index contributed by atoms with van der Waals surface area (Å²) in [6.45, 7) is 7.17. The van der Waals surface area contributed by atoms with Crippen molar-refractivity contribution in [2.24, 2.45) is 18.9 Å². The second-order valence-electron chi connectivity index (χ2n) is 6.05. The molecule has 118 valence electrons. The fourth-order valence-corrected chi connectivity index (χ4v) is 2.86. The van der Waals surface area contributed by atoms with Gasteiger partial charge in [-0.15, -0.1) is 0 Å². The van der Waals surface area contributed by atoms with Gasteiger partial charge in [0.25, 0.3) is 0 Å². The molecule has 5 nitrogen and oxygen atoms in total. The summed E-state index contributed by atoms with van der Waals surface area (Å²) in [6, 6.07) is 0. The van der Waals surface area contributed by atoms with Gasteiger partial charge in [-0.05, 0) is 38.0 Å². The summed E-state index contributed by atoms with van der Waals surface area (Å²) in [5.41, 5.74) is 1.30. The lowest BCUT2D eigenvalue weighted by Gasteiger charge is -2.32. The third-order valence-corrected chi connectivity index (χ3v) is 4.56. The van der Waals surface area contributed by atoms with Crippen LogP contribution in [-0.4, -0.2) is 28.5 Å². The molecule has 3 atom stereocenters. The minimum Gasteiger partial charge on any atom is -0.462 e. The molecule has 1 aromatic rings. The molecule has 0 saturated heterocycles. The summed E-state index contributed by atoms with van der Waals surface area (Å²) in [6.07, 6.45) is 5.23. The van der Waals surface area contributed by atoms with Crippen LogP contribution >= 0.6 is 0 Å². The molecule has 1 heterocycles. The Morgan fingerprint density at radius 2 is 2.14 bits per heavy atom. The van der Waals surface area contributed by atoms with E-state index in [1.165, 1.54) is 6.42 Å². The average Bonchev–Trinajstić information content (AvgIpc) is 2.82. The third kappa shape index (κ3) is 3.84. The van der Waals surface area contributed by atoms with Crippen molar-refractivity contribution < 1.29 is 14.3 Å². The van der Waals surface area contributed by atoms with Crippen molar-refractivity contribution in [3.63, 3.8) is 0 Å². The van der Waals surface area contributed by atoms with Crippen molar-refractivity contribution in [1.82, 2.24) is 9.78 Å². The zero-order valence-corrected chi connectivity index (χ0v) is 13.5. The lowest BCUT2D eigenvalue weighted by Crippen LogP contribution is -2.27. The quantitative estimate of drug-likeness (QED) is 0.784. The molecule has 1 aliphatic rings. The summed E-state index contributed by atoms with van der Waals surface area (Å²) < 4.78 is 12.8. The number of esters is 1. The molecule has 0 radical (unpaired) electrons. The van der Waals surface area contributed by atoms with Crippen LogP contribution in [0.1, 0.15) is 56.1 Å². The standard InChI is InChI=1S/C16H26N2O3/c1-5-20-16(19)14-9-17-18(4)15(14)10-21-13-7-6-11(2)12(3)8-13/h9,11-13H,5-8,10H2,1-4H3. The highest BCUT2D eigenvalue weighted by atomic mass is 16.5. The lowest BCUT2D eigenvalue weighted by atomic mass is 9.80. The van der Waals surface area contributed by atoms with E-state index in [1.807, 2.05) is 7.05 Å². The molecular formula is C16H26N2O3. The van der Waals surface area contributed by atoms with Gasteiger partial charge in [-0.25, -0.2) is 4.79 Å². The molecule has 1 aliphatic carbocycles. The molecule has 1 fully saturated rings. The first kappa shape index (κ1) is 16.0. The summed E-state index contributed by atoms with van der Waals surface area (Å²) in [7, 11) is 1.83. The molecule has 0 aromatic carbocycles. The Balaban J connectivity index is 1.97. The van der Waals surface area contributed by atoms with Crippen LogP contribution in [0.4, 0.5) is 0 Å². The van der Waals surface area contributed by atoms with Gasteiger partial charge in [0.15, 0.2) is 0 Å². The van der Waals surface area contributed by atoms with E-state index in [9.17, 15) is 4.79 Å². The maximum Gasteiger partial charge on any atom is 0.341 e. The van der Waals surface area contributed by atoms with Gasteiger partial charge in [0.05, 0.1) is 31.2 Å². The van der Waals surface area contributed by atoms with Gasteiger partial charge < -0.3 is 9.47 Å². The Morgan fingerprint density at radius 3 is 2.81 bits per heavy atom. The van der Waals surface area contributed by atoms with Crippen molar-refractivity contribution >= 4 is 5.97 Å². The highest BCUT2D eigenvalue weighted by Crippen LogP contribution is 2.31. The molecule has 2 rings (SSSR count). The first-order valence-corrected chi connectivity index (χ1v) is 7.82. The van der Waals surface area contributed by atoms with E-state index in [4.69, 9.17) is 9.47 Å². The Kier molecular flexibility index (Phi) is 5.39. The smallest absolute Gasteiger partial charge is 0.341 e. The summed E-state index contributed by atoms with van der Waals surface area (Å²) >= 11 is 0. The van der Waals surface area contributed by atoms with Crippen LogP contribution in [-0.2, 0) is 23.1 Å². The van der Waals surface area contributed by atoms with Gasteiger partial charge in [-0.2, -0.15) is 5.10 Å². The molecule has 5 heteroatoms. The number of rotatable bonds is 5. The maximum atomic E-state index is 11.9. The number of aryl methyl sites for hydroxylation is 1. The number of aromatic nitrogens is 2. The van der Waals surface area contributed by atoms with Crippen molar-refractivity contribution in [3.05, 3.63) is 17.5 Å². The number of ether oxygens (including phenoxy) is 2. The van der Waals surface area contributed by atoms with Gasteiger partial charge >= 0.3 is 5.97 Å². The van der Waals surface area contributed by atoms with Crippen LogP contribution in [0.2, 0.25) is 0 Å². The van der Waals surface area contributed by atoms with Gasteiger partial charge in [0.2, 0.25) is 0 Å². The fourth-order valence-electron chi connectivity index (χ4n) is 2.86. The zero-order valence-electron chi connectivity index (χ0n) is 13.5. The maximum absolute atomic E-state index is 11.9. The van der Waals surface area contributed by atoms with Crippen LogP contribution in [0.5, 0.6) is 0 Å². The van der Waals surface area contributed by atoms with Crippen molar-refractivity contribution in [2.75, 3.05) is 6.61 Å². The van der Waals surface area contributed by atoms with E-state index >= 15 is 0 Å². The molecule has 21 heavy (non-hydrogen) atoms. The zero-order chi connectivity index (χ0) is 15.4. The second kappa shape index (κ2) is 7.07. The number of hydrogen-bond donors (Lipinski definition) is 0. The van der Waals surface area contributed by atoms with Gasteiger partial charge in [0, 0.05) is 7.05 Å². The molecular weight excluding hydrogens is 268 g/mol. The lowest BCUT2D eigenvalue weighted by molar-refractivity contribution is -0.0104. The van der Waals surface area contributed by atoms with Crippen LogP contribution in [0, 0.1) is 11.8 Å². The van der Waals surface area contributed by atoms with Gasteiger partial charge in [-0.3, -0.25) is 4.68 Å². The number of nitrogens with zero attached hydrogens (tertiary/aromatic N) is 2. The average molecular weight is 294 g/mol. The second-order valence-corrected chi connectivity index (χ2v) is 6.05. The number of carbonyl (C=O) groups is 1. The Bertz CT molecular complexity index is 484. The topological polar surface area (TPSA) is 53.3 Å². The monoisotopic (exact) mass is 294 g/mol. The molecule has 0 spiro atoms. The van der Waals surface area contributed by atoms with E-state index < -0.39 is 0 Å². The first-order chi connectivity index (χ1) is 10.0. The number of carbonyl (C=O) groups excluding carboxylic acids is 1. The predicted octanol–water partition coefficient (Wildman–Crippen LogP) is 2.94. The normalized spacial score (nSPS) is 25.8. The van der Waals surface area contributed by atoms with E-state index in [2.05, 4.69) is 18.9 Å². The first-order valence-electron chi connectivity index (χ1n) is 7.82. The molecule has 1 aromatic heterocycles. The number of hydrogen-bond acceptors (Lipinski definition) is 4. The van der Waals surface area contributed by atoms with Crippen LogP contribution in [0.25, 0.3) is 0 Å². The highest BCUT2D eigenvalue weighted by Gasteiger charge is 2.26. The summed E-state index contributed by atoms with van der Waals surface area (Å²) in [4.78, 5) is 11.9. The Hall–Kier alpha value is -1.36. The van der Waals surface area contributed by atoms with E-state index in [0.717, 1.165) is 24.5 Å². The molecule has 3 unspecified atom stereocenters.